The van der Waals surface area contributed by atoms with Crippen LogP contribution < -0.4 is 10.9 Å². The molecule has 0 aliphatic rings. The summed E-state index contributed by atoms with van der Waals surface area (Å²) in [6.45, 7) is 1.57. The van der Waals surface area contributed by atoms with Gasteiger partial charge in [0.15, 0.2) is 0 Å². The number of amides is 1. The molecule has 0 bridgehead atoms. The van der Waals surface area contributed by atoms with E-state index < -0.39 is 17.4 Å². The summed E-state index contributed by atoms with van der Waals surface area (Å²) in [4.78, 5) is 41.9. The Morgan fingerprint density at radius 3 is 2.66 bits per heavy atom. The van der Waals surface area contributed by atoms with Gasteiger partial charge in [-0.25, -0.2) is 9.78 Å². The van der Waals surface area contributed by atoms with E-state index in [0.29, 0.717) is 16.3 Å². The third-order valence-corrected chi connectivity index (χ3v) is 4.84. The van der Waals surface area contributed by atoms with Crippen LogP contribution >= 0.6 is 11.6 Å². The zero-order valence-corrected chi connectivity index (χ0v) is 17.6. The van der Waals surface area contributed by atoms with Crippen molar-refractivity contribution in [1.29, 1.82) is 0 Å². The molecule has 1 amide bonds. The van der Waals surface area contributed by atoms with Crippen molar-refractivity contribution in [2.75, 3.05) is 11.9 Å². The third-order valence-electron chi connectivity index (χ3n) is 4.59. The number of nitrogens with zero attached hydrogens (tertiary/aromatic N) is 3. The summed E-state index contributed by atoms with van der Waals surface area (Å²) in [7, 11) is 0. The molecule has 2 aromatic carbocycles. The van der Waals surface area contributed by atoms with Crippen LogP contribution in [0.5, 0.6) is 0 Å². The van der Waals surface area contributed by atoms with Gasteiger partial charge in [0, 0.05) is 10.6 Å². The Bertz CT molecular complexity index is 1360. The van der Waals surface area contributed by atoms with E-state index in [1.807, 2.05) is 0 Å². The SMILES string of the molecule is CCOC(=O)c1ccccc1NC(=O)Cn1cnc2onc(-c3ccc(Cl)cc3)c2c1=O. The molecule has 10 heteroatoms. The number of anilines is 1. The molecular weight excluding hydrogens is 436 g/mol. The molecule has 2 heterocycles. The number of ether oxygens (including phenoxy) is 1. The first-order valence-electron chi connectivity index (χ1n) is 9.64. The van der Waals surface area contributed by atoms with Gasteiger partial charge in [-0.05, 0) is 31.2 Å². The summed E-state index contributed by atoms with van der Waals surface area (Å²) in [6.07, 6.45) is 1.21. The number of carbonyl (C=O) groups excluding carboxylic acids is 2. The molecule has 9 nitrogen and oxygen atoms in total. The Labute approximate surface area is 186 Å². The maximum absolute atomic E-state index is 13.0. The number of halogens is 1. The number of rotatable bonds is 6. The van der Waals surface area contributed by atoms with Crippen LogP contribution in [0.2, 0.25) is 5.02 Å². The fraction of sp³-hybridized carbons (Fsp3) is 0.136. The molecule has 0 saturated carbocycles. The van der Waals surface area contributed by atoms with Gasteiger partial charge >= 0.3 is 5.97 Å². The second-order valence-electron chi connectivity index (χ2n) is 6.71. The lowest BCUT2D eigenvalue weighted by atomic mass is 10.1. The molecule has 162 valence electrons. The summed E-state index contributed by atoms with van der Waals surface area (Å²) in [6, 6.07) is 13.2. The van der Waals surface area contributed by atoms with Crippen molar-refractivity contribution in [3.05, 3.63) is 75.8 Å². The van der Waals surface area contributed by atoms with Gasteiger partial charge in [0.25, 0.3) is 11.3 Å². The highest BCUT2D eigenvalue weighted by Gasteiger charge is 2.19. The first-order valence-corrected chi connectivity index (χ1v) is 10.0. The highest BCUT2D eigenvalue weighted by molar-refractivity contribution is 6.30. The quantitative estimate of drug-likeness (QED) is 0.445. The predicted octanol–water partition coefficient (Wildman–Crippen LogP) is 3.52. The molecule has 0 atom stereocenters. The zero-order chi connectivity index (χ0) is 22.7. The van der Waals surface area contributed by atoms with E-state index in [9.17, 15) is 14.4 Å². The summed E-state index contributed by atoms with van der Waals surface area (Å²) in [5.41, 5.74) is 0.992. The van der Waals surface area contributed by atoms with Crippen LogP contribution in [0.25, 0.3) is 22.4 Å². The number of nitrogens with one attached hydrogen (secondary N) is 1. The molecule has 0 saturated heterocycles. The van der Waals surface area contributed by atoms with E-state index in [4.69, 9.17) is 20.9 Å². The van der Waals surface area contributed by atoms with E-state index in [0.717, 1.165) is 4.57 Å². The molecule has 1 N–H and O–H groups in total. The van der Waals surface area contributed by atoms with Crippen molar-refractivity contribution in [2.45, 2.75) is 13.5 Å². The fourth-order valence-corrected chi connectivity index (χ4v) is 3.25. The highest BCUT2D eigenvalue weighted by Crippen LogP contribution is 2.25. The van der Waals surface area contributed by atoms with E-state index >= 15 is 0 Å². The number of fused-ring (bicyclic) bond motifs is 1. The number of carbonyl (C=O) groups is 2. The third kappa shape index (κ3) is 4.23. The highest BCUT2D eigenvalue weighted by atomic mass is 35.5. The van der Waals surface area contributed by atoms with Gasteiger partial charge in [-0.2, -0.15) is 0 Å². The summed E-state index contributed by atoms with van der Waals surface area (Å²) >= 11 is 5.92. The molecule has 4 rings (SSSR count). The molecule has 0 radical (unpaired) electrons. The second kappa shape index (κ2) is 9.03. The van der Waals surface area contributed by atoms with Gasteiger partial charge in [0.05, 0.1) is 17.9 Å². The molecule has 0 unspecified atom stereocenters. The topological polar surface area (TPSA) is 116 Å². The monoisotopic (exact) mass is 452 g/mol. The first kappa shape index (κ1) is 21.3. The predicted molar refractivity (Wildman–Crippen MR) is 118 cm³/mol. The van der Waals surface area contributed by atoms with Crippen molar-refractivity contribution < 1.29 is 18.8 Å². The van der Waals surface area contributed by atoms with Gasteiger partial charge in [0.1, 0.15) is 24.0 Å². The Morgan fingerprint density at radius 2 is 1.91 bits per heavy atom. The molecule has 0 fully saturated rings. The maximum atomic E-state index is 13.0. The number of benzene rings is 2. The van der Waals surface area contributed by atoms with Gasteiger partial charge in [-0.3, -0.25) is 14.2 Å². The molecule has 2 aromatic heterocycles. The number of hydrogen-bond acceptors (Lipinski definition) is 7. The largest absolute Gasteiger partial charge is 0.462 e. The minimum atomic E-state index is -0.555. The molecule has 0 aliphatic carbocycles. The molecule has 4 aromatic rings. The average Bonchev–Trinajstić information content (AvgIpc) is 3.22. The van der Waals surface area contributed by atoms with Gasteiger partial charge in [-0.1, -0.05) is 41.0 Å². The summed E-state index contributed by atoms with van der Waals surface area (Å²) in [5, 5.41) is 7.27. The number of para-hydroxylation sites is 1. The average molecular weight is 453 g/mol. The maximum Gasteiger partial charge on any atom is 0.340 e. The van der Waals surface area contributed by atoms with Crippen molar-refractivity contribution >= 4 is 40.3 Å². The molecule has 32 heavy (non-hydrogen) atoms. The lowest BCUT2D eigenvalue weighted by Gasteiger charge is -2.11. The molecular formula is C22H17ClN4O5. The molecule has 0 aliphatic heterocycles. The van der Waals surface area contributed by atoms with Crippen LogP contribution in [0, 0.1) is 0 Å². The smallest absolute Gasteiger partial charge is 0.340 e. The minimum absolute atomic E-state index is 0.0595. The van der Waals surface area contributed by atoms with Crippen molar-refractivity contribution in [1.82, 2.24) is 14.7 Å². The van der Waals surface area contributed by atoms with Crippen molar-refractivity contribution in [2.24, 2.45) is 0 Å². The summed E-state index contributed by atoms with van der Waals surface area (Å²) < 4.78 is 11.3. The van der Waals surface area contributed by atoms with Crippen molar-refractivity contribution in [3.63, 3.8) is 0 Å². The van der Waals surface area contributed by atoms with Crippen LogP contribution in [0.4, 0.5) is 5.69 Å². The normalized spacial score (nSPS) is 10.8. The summed E-state index contributed by atoms with van der Waals surface area (Å²) in [5.74, 6) is -1.07. The Balaban J connectivity index is 1.62. The lowest BCUT2D eigenvalue weighted by molar-refractivity contribution is -0.116. The lowest BCUT2D eigenvalue weighted by Crippen LogP contribution is -2.28. The number of aromatic nitrogens is 3. The second-order valence-corrected chi connectivity index (χ2v) is 7.15. The Morgan fingerprint density at radius 1 is 1.16 bits per heavy atom. The van der Waals surface area contributed by atoms with Crippen molar-refractivity contribution in [3.8, 4) is 11.3 Å². The standard InChI is InChI=1S/C22H17ClN4O5/c1-2-31-22(30)15-5-3-4-6-16(15)25-17(28)11-27-12-24-20-18(21(27)29)19(26-32-20)13-7-9-14(23)10-8-13/h3-10,12H,2,11H2,1H3,(H,25,28). The van der Waals surface area contributed by atoms with Crippen LogP contribution in [0.3, 0.4) is 0 Å². The van der Waals surface area contributed by atoms with Crippen LogP contribution in [-0.4, -0.2) is 33.2 Å². The fourth-order valence-electron chi connectivity index (χ4n) is 3.12. The van der Waals surface area contributed by atoms with E-state index in [-0.39, 0.29) is 35.5 Å². The Kier molecular flexibility index (Phi) is 6.00. The van der Waals surface area contributed by atoms with E-state index in [1.54, 1.807) is 55.5 Å². The number of hydrogen-bond donors (Lipinski definition) is 1. The van der Waals surface area contributed by atoms with E-state index in [1.165, 1.54) is 6.33 Å². The molecule has 0 spiro atoms. The zero-order valence-electron chi connectivity index (χ0n) is 16.9. The minimum Gasteiger partial charge on any atom is -0.462 e. The van der Waals surface area contributed by atoms with Crippen LogP contribution in [0.1, 0.15) is 17.3 Å². The van der Waals surface area contributed by atoms with Crippen LogP contribution in [-0.2, 0) is 16.1 Å². The first-order chi connectivity index (χ1) is 15.5. The number of esters is 1. The van der Waals surface area contributed by atoms with Gasteiger partial charge in [-0.15, -0.1) is 0 Å². The van der Waals surface area contributed by atoms with Gasteiger partial charge in [0.2, 0.25) is 5.91 Å². The Hall–Kier alpha value is -3.98. The van der Waals surface area contributed by atoms with E-state index in [2.05, 4.69) is 15.5 Å². The van der Waals surface area contributed by atoms with Gasteiger partial charge < -0.3 is 14.6 Å². The van der Waals surface area contributed by atoms with Crippen LogP contribution in [0.15, 0.2) is 64.2 Å².